The summed E-state index contributed by atoms with van der Waals surface area (Å²) in [7, 11) is 0. The van der Waals surface area contributed by atoms with Crippen molar-refractivity contribution in [2.45, 2.75) is 26.2 Å². The summed E-state index contributed by atoms with van der Waals surface area (Å²) in [5.41, 5.74) is 4.23. The van der Waals surface area contributed by atoms with Gasteiger partial charge in [0.05, 0.1) is 11.1 Å². The molecule has 0 aliphatic heterocycles. The minimum atomic E-state index is -0.0846. The number of fused-ring (bicyclic) bond motifs is 5. The number of hydrogen-bond donors (Lipinski definition) is 0. The van der Waals surface area contributed by atoms with E-state index < -0.39 is 0 Å². The Hall–Kier alpha value is -3.13. The summed E-state index contributed by atoms with van der Waals surface area (Å²) in [4.78, 5) is 0. The fourth-order valence-corrected chi connectivity index (χ4v) is 3.90. The third-order valence-corrected chi connectivity index (χ3v) is 5.25. The first kappa shape index (κ1) is 16.1. The maximum absolute atomic E-state index is 5.70. The van der Waals surface area contributed by atoms with E-state index in [-0.39, 0.29) is 5.41 Å². The summed E-state index contributed by atoms with van der Waals surface area (Å²) in [6.07, 6.45) is 0. The molecule has 0 fully saturated rings. The highest BCUT2D eigenvalue weighted by molar-refractivity contribution is 6.20. The molecule has 0 aliphatic carbocycles. The predicted molar refractivity (Wildman–Crippen MR) is 113 cm³/mol. The number of hydrogen-bond acceptors (Lipinski definition) is 2. The Morgan fingerprint density at radius 3 is 2.19 bits per heavy atom. The average molecular weight is 351 g/mol. The monoisotopic (exact) mass is 351 g/mol. The van der Waals surface area contributed by atoms with Crippen LogP contribution in [0.25, 0.3) is 43.6 Å². The van der Waals surface area contributed by atoms with E-state index in [0.717, 1.165) is 16.7 Å². The topological polar surface area (TPSA) is 26.0 Å². The van der Waals surface area contributed by atoms with Crippen molar-refractivity contribution in [2.24, 2.45) is 0 Å². The first-order chi connectivity index (χ1) is 13.0. The van der Waals surface area contributed by atoms with Gasteiger partial charge < -0.3 is 4.52 Å². The van der Waals surface area contributed by atoms with Gasteiger partial charge in [0.2, 0.25) is 0 Å². The molecule has 2 nitrogen and oxygen atoms in total. The highest BCUT2D eigenvalue weighted by Crippen LogP contribution is 2.39. The summed E-state index contributed by atoms with van der Waals surface area (Å²) in [5.74, 6) is 0. The van der Waals surface area contributed by atoms with Gasteiger partial charge in [0.15, 0.2) is 5.58 Å². The van der Waals surface area contributed by atoms with E-state index in [1.54, 1.807) is 0 Å². The molecular formula is C25H21NO. The van der Waals surface area contributed by atoms with Crippen molar-refractivity contribution >= 4 is 32.5 Å². The molecule has 0 N–H and O–H groups in total. The predicted octanol–water partition coefficient (Wildman–Crippen LogP) is 7.10. The minimum absolute atomic E-state index is 0.0846. The van der Waals surface area contributed by atoms with Gasteiger partial charge in [-0.1, -0.05) is 86.6 Å². The van der Waals surface area contributed by atoms with Gasteiger partial charge in [0, 0.05) is 10.8 Å². The molecule has 0 unspecified atom stereocenters. The molecule has 0 aliphatic rings. The quantitative estimate of drug-likeness (QED) is 0.301. The average Bonchev–Trinajstić information content (AvgIpc) is 3.12. The summed E-state index contributed by atoms with van der Waals surface area (Å²) in [5, 5.41) is 10.5. The van der Waals surface area contributed by atoms with E-state index >= 15 is 0 Å². The van der Waals surface area contributed by atoms with Crippen molar-refractivity contribution in [1.29, 1.82) is 0 Å². The van der Waals surface area contributed by atoms with Crippen LogP contribution in [-0.4, -0.2) is 5.16 Å². The zero-order valence-electron chi connectivity index (χ0n) is 15.8. The van der Waals surface area contributed by atoms with Crippen molar-refractivity contribution in [3.63, 3.8) is 0 Å². The van der Waals surface area contributed by atoms with Crippen molar-refractivity contribution in [1.82, 2.24) is 5.16 Å². The van der Waals surface area contributed by atoms with Crippen molar-refractivity contribution in [3.8, 4) is 11.1 Å². The third-order valence-electron chi connectivity index (χ3n) is 5.25. The Morgan fingerprint density at radius 1 is 0.704 bits per heavy atom. The van der Waals surface area contributed by atoms with E-state index in [2.05, 4.69) is 92.7 Å². The molecule has 1 heterocycles. The van der Waals surface area contributed by atoms with Crippen LogP contribution >= 0.6 is 0 Å². The normalized spacial score (nSPS) is 12.3. The number of aromatic nitrogens is 1. The zero-order chi connectivity index (χ0) is 18.6. The maximum atomic E-state index is 5.70. The van der Waals surface area contributed by atoms with Crippen molar-refractivity contribution < 1.29 is 4.52 Å². The Morgan fingerprint density at radius 2 is 1.41 bits per heavy atom. The standard InChI is InChI=1S/C25H21NO/c1-25(2,3)24-23-21(27-26-24)14-13-18-11-9-17-10-12-19(15-20(17)22(18)23)16-7-5-4-6-8-16/h4-15H,1-3H3. The molecule has 1 aromatic heterocycles. The van der Waals surface area contributed by atoms with Crippen molar-refractivity contribution in [2.75, 3.05) is 0 Å². The van der Waals surface area contributed by atoms with Crippen LogP contribution in [0.3, 0.4) is 0 Å². The molecule has 2 heteroatoms. The maximum Gasteiger partial charge on any atom is 0.167 e. The van der Waals surface area contributed by atoms with E-state index in [4.69, 9.17) is 4.52 Å². The molecule has 0 bridgehead atoms. The summed E-state index contributed by atoms with van der Waals surface area (Å²) in [6.45, 7) is 6.55. The van der Waals surface area contributed by atoms with Crippen LogP contribution < -0.4 is 0 Å². The molecule has 0 amide bonds. The Kier molecular flexibility index (Phi) is 3.38. The molecule has 5 aromatic rings. The first-order valence-corrected chi connectivity index (χ1v) is 9.33. The van der Waals surface area contributed by atoms with Gasteiger partial charge in [0.25, 0.3) is 0 Å². The van der Waals surface area contributed by atoms with Crippen LogP contribution in [-0.2, 0) is 5.41 Å². The zero-order valence-corrected chi connectivity index (χ0v) is 15.8. The van der Waals surface area contributed by atoms with E-state index in [0.29, 0.717) is 0 Å². The minimum Gasteiger partial charge on any atom is -0.356 e. The molecule has 0 saturated carbocycles. The molecule has 0 radical (unpaired) electrons. The molecule has 4 aromatic carbocycles. The Bertz CT molecular complexity index is 1290. The molecular weight excluding hydrogens is 330 g/mol. The Balaban J connectivity index is 1.94. The first-order valence-electron chi connectivity index (χ1n) is 9.33. The number of benzene rings is 4. The highest BCUT2D eigenvalue weighted by atomic mass is 16.5. The third kappa shape index (κ3) is 2.52. The van der Waals surface area contributed by atoms with Gasteiger partial charge >= 0.3 is 0 Å². The van der Waals surface area contributed by atoms with Crippen LogP contribution in [0.5, 0.6) is 0 Å². The van der Waals surface area contributed by atoms with Crippen LogP contribution in [0, 0.1) is 0 Å². The van der Waals surface area contributed by atoms with E-state index in [1.165, 1.54) is 32.7 Å². The largest absolute Gasteiger partial charge is 0.356 e. The van der Waals surface area contributed by atoms with Gasteiger partial charge in [-0.2, -0.15) is 0 Å². The van der Waals surface area contributed by atoms with Crippen molar-refractivity contribution in [3.05, 3.63) is 78.5 Å². The lowest BCUT2D eigenvalue weighted by Gasteiger charge is -2.16. The fourth-order valence-electron chi connectivity index (χ4n) is 3.90. The second-order valence-corrected chi connectivity index (χ2v) is 8.19. The smallest absolute Gasteiger partial charge is 0.167 e. The number of nitrogens with zero attached hydrogens (tertiary/aromatic N) is 1. The van der Waals surface area contributed by atoms with E-state index in [1.807, 2.05) is 6.07 Å². The molecule has 5 rings (SSSR count). The molecule has 0 saturated heterocycles. The molecule has 27 heavy (non-hydrogen) atoms. The lowest BCUT2D eigenvalue weighted by molar-refractivity contribution is 0.419. The van der Waals surface area contributed by atoms with Crippen LogP contribution in [0.2, 0.25) is 0 Å². The summed E-state index contributed by atoms with van der Waals surface area (Å²) < 4.78 is 5.70. The van der Waals surface area contributed by atoms with Gasteiger partial charge in [-0.15, -0.1) is 0 Å². The van der Waals surface area contributed by atoms with E-state index in [9.17, 15) is 0 Å². The van der Waals surface area contributed by atoms with Gasteiger partial charge in [0.1, 0.15) is 0 Å². The van der Waals surface area contributed by atoms with Crippen LogP contribution in [0.1, 0.15) is 26.5 Å². The second-order valence-electron chi connectivity index (χ2n) is 8.19. The lowest BCUT2D eigenvalue weighted by Crippen LogP contribution is -2.11. The second kappa shape index (κ2) is 5.68. The van der Waals surface area contributed by atoms with Gasteiger partial charge in [-0.25, -0.2) is 0 Å². The van der Waals surface area contributed by atoms with Gasteiger partial charge in [-0.05, 0) is 39.4 Å². The van der Waals surface area contributed by atoms with Crippen LogP contribution in [0.4, 0.5) is 0 Å². The Labute approximate surface area is 158 Å². The molecule has 132 valence electrons. The SMILES string of the molecule is CC(C)(C)c1noc2ccc3ccc4ccc(-c5ccccc5)cc4c3c12. The van der Waals surface area contributed by atoms with Crippen LogP contribution in [0.15, 0.2) is 77.3 Å². The number of rotatable bonds is 1. The lowest BCUT2D eigenvalue weighted by atomic mass is 9.87. The summed E-state index contributed by atoms with van der Waals surface area (Å²) >= 11 is 0. The van der Waals surface area contributed by atoms with Gasteiger partial charge in [-0.3, -0.25) is 0 Å². The highest BCUT2D eigenvalue weighted by Gasteiger charge is 2.24. The molecule has 0 atom stereocenters. The molecule has 0 spiro atoms. The summed E-state index contributed by atoms with van der Waals surface area (Å²) in [6, 6.07) is 25.8. The fraction of sp³-hybridized carbons (Fsp3) is 0.160.